The molecule has 1 aliphatic rings. The van der Waals surface area contributed by atoms with Gasteiger partial charge >= 0.3 is 0 Å². The number of halogens is 1. The molecule has 2 N–H and O–H groups in total. The number of anilines is 1. The molecule has 1 saturated heterocycles. The zero-order chi connectivity index (χ0) is 14.1. The summed E-state index contributed by atoms with van der Waals surface area (Å²) in [6, 6.07) is 5.09. The van der Waals surface area contributed by atoms with Crippen molar-refractivity contribution in [1.82, 2.24) is 15.3 Å². The summed E-state index contributed by atoms with van der Waals surface area (Å²) in [5, 5.41) is 14.2. The second-order valence-electron chi connectivity index (χ2n) is 5.13. The van der Waals surface area contributed by atoms with Crippen molar-refractivity contribution in [2.75, 3.05) is 25.0 Å². The van der Waals surface area contributed by atoms with Crippen LogP contribution in [0.25, 0.3) is 11.0 Å². The zero-order valence-corrected chi connectivity index (χ0v) is 12.5. The van der Waals surface area contributed by atoms with E-state index in [-0.39, 0.29) is 18.1 Å². The number of hydrogen-bond acceptors (Lipinski definition) is 5. The number of nitro groups is 1. The van der Waals surface area contributed by atoms with Crippen LogP contribution in [0.1, 0.15) is 12.8 Å². The summed E-state index contributed by atoms with van der Waals surface area (Å²) >= 11 is 0. The van der Waals surface area contributed by atoms with Crippen molar-refractivity contribution >= 4 is 35.1 Å². The van der Waals surface area contributed by atoms with Gasteiger partial charge in [0.1, 0.15) is 0 Å². The highest BCUT2D eigenvalue weighted by Crippen LogP contribution is 2.23. The van der Waals surface area contributed by atoms with Crippen LogP contribution in [0.5, 0.6) is 0 Å². The Labute approximate surface area is 128 Å². The van der Waals surface area contributed by atoms with Gasteiger partial charge < -0.3 is 15.2 Å². The highest BCUT2D eigenvalue weighted by atomic mass is 35.5. The topological polar surface area (TPSA) is 87.1 Å². The van der Waals surface area contributed by atoms with Crippen molar-refractivity contribution in [1.29, 1.82) is 0 Å². The highest BCUT2D eigenvalue weighted by molar-refractivity contribution is 5.85. The zero-order valence-electron chi connectivity index (χ0n) is 11.7. The van der Waals surface area contributed by atoms with Crippen LogP contribution in [0.3, 0.4) is 0 Å². The fraction of sp³-hybridized carbons (Fsp3) is 0.462. The molecule has 1 aliphatic heterocycles. The van der Waals surface area contributed by atoms with Gasteiger partial charge in [-0.05, 0) is 25.5 Å². The molecule has 1 aromatic carbocycles. The van der Waals surface area contributed by atoms with Crippen LogP contribution < -0.4 is 10.2 Å². The number of likely N-dealkylation sites (N-methyl/N-ethyl adjacent to an activating group) is 1. The molecular weight excluding hydrogens is 294 g/mol. The fourth-order valence-corrected chi connectivity index (χ4v) is 2.60. The van der Waals surface area contributed by atoms with Crippen LogP contribution in [-0.4, -0.2) is 41.1 Å². The molecule has 114 valence electrons. The first-order valence-corrected chi connectivity index (χ1v) is 6.73. The van der Waals surface area contributed by atoms with Gasteiger partial charge in [-0.25, -0.2) is 4.98 Å². The lowest BCUT2D eigenvalue weighted by atomic mass is 10.1. The minimum absolute atomic E-state index is 0. The lowest BCUT2D eigenvalue weighted by molar-refractivity contribution is -0.384. The maximum atomic E-state index is 10.8. The van der Waals surface area contributed by atoms with Crippen molar-refractivity contribution in [3.8, 4) is 0 Å². The van der Waals surface area contributed by atoms with E-state index in [9.17, 15) is 10.1 Å². The summed E-state index contributed by atoms with van der Waals surface area (Å²) in [5.41, 5.74) is 1.53. The number of hydrogen-bond donors (Lipinski definition) is 2. The summed E-state index contributed by atoms with van der Waals surface area (Å²) in [7, 11) is 2.00. The Hall–Kier alpha value is -1.86. The predicted octanol–water partition coefficient (Wildman–Crippen LogP) is 2.08. The minimum atomic E-state index is -0.394. The molecule has 2 heterocycles. The Morgan fingerprint density at radius 1 is 1.48 bits per heavy atom. The van der Waals surface area contributed by atoms with Gasteiger partial charge in [-0.15, -0.1) is 12.4 Å². The molecule has 3 rings (SSSR count). The Kier molecular flexibility index (Phi) is 4.64. The average molecular weight is 312 g/mol. The molecule has 0 amide bonds. The molecule has 1 fully saturated rings. The lowest BCUT2D eigenvalue weighted by Gasteiger charge is -2.31. The minimum Gasteiger partial charge on any atom is -0.341 e. The van der Waals surface area contributed by atoms with Crippen LogP contribution in [0.4, 0.5) is 11.6 Å². The molecule has 1 aromatic heterocycles. The number of nitro benzene ring substituents is 1. The molecule has 0 spiro atoms. The van der Waals surface area contributed by atoms with E-state index in [0.29, 0.717) is 11.6 Å². The Bertz CT molecular complexity index is 639. The largest absolute Gasteiger partial charge is 0.341 e. The number of rotatable bonds is 3. The standard InChI is InChI=1S/C13H17N5O2.ClH/c1-17(10-3-2-6-14-8-10)13-15-11-5-4-9(18(19)20)7-12(11)16-13;/h4-5,7,10,14H,2-3,6,8H2,1H3,(H,15,16);1H/t10-;/m0./s1. The van der Waals surface area contributed by atoms with Crippen LogP contribution in [0.15, 0.2) is 18.2 Å². The van der Waals surface area contributed by atoms with Crippen LogP contribution in [0, 0.1) is 10.1 Å². The van der Waals surface area contributed by atoms with Crippen molar-refractivity contribution < 1.29 is 4.92 Å². The van der Waals surface area contributed by atoms with Crippen molar-refractivity contribution in [2.24, 2.45) is 0 Å². The summed E-state index contributed by atoms with van der Waals surface area (Å²) in [6.07, 6.45) is 2.28. The number of nitrogens with one attached hydrogen (secondary N) is 2. The van der Waals surface area contributed by atoms with Gasteiger partial charge in [-0.3, -0.25) is 10.1 Å². The number of aromatic nitrogens is 2. The van der Waals surface area contributed by atoms with Crippen molar-refractivity contribution in [3.63, 3.8) is 0 Å². The molecule has 0 bridgehead atoms. The molecule has 1 atom stereocenters. The first-order chi connectivity index (χ1) is 9.65. The molecule has 8 heteroatoms. The first-order valence-electron chi connectivity index (χ1n) is 6.73. The van der Waals surface area contributed by atoms with E-state index >= 15 is 0 Å². The number of fused-ring (bicyclic) bond motifs is 1. The predicted molar refractivity (Wildman–Crippen MR) is 84.3 cm³/mol. The van der Waals surface area contributed by atoms with Gasteiger partial charge in [0, 0.05) is 31.8 Å². The summed E-state index contributed by atoms with van der Waals surface area (Å²) in [6.45, 7) is 2.00. The second kappa shape index (κ2) is 6.28. The van der Waals surface area contributed by atoms with Gasteiger partial charge in [0.2, 0.25) is 5.95 Å². The Balaban J connectivity index is 0.00000161. The molecule has 2 aromatic rings. The molecule has 0 unspecified atom stereocenters. The third-order valence-corrected chi connectivity index (χ3v) is 3.82. The van der Waals surface area contributed by atoms with Crippen molar-refractivity contribution in [2.45, 2.75) is 18.9 Å². The highest BCUT2D eigenvalue weighted by Gasteiger charge is 2.20. The number of aromatic amines is 1. The van der Waals surface area contributed by atoms with Gasteiger partial charge in [0.25, 0.3) is 5.69 Å². The van der Waals surface area contributed by atoms with E-state index in [1.165, 1.54) is 12.1 Å². The molecule has 21 heavy (non-hydrogen) atoms. The Morgan fingerprint density at radius 3 is 2.95 bits per heavy atom. The van der Waals surface area contributed by atoms with E-state index in [2.05, 4.69) is 20.2 Å². The molecular formula is C13H18ClN5O2. The van der Waals surface area contributed by atoms with E-state index < -0.39 is 4.92 Å². The van der Waals surface area contributed by atoms with Crippen molar-refractivity contribution in [3.05, 3.63) is 28.3 Å². The quantitative estimate of drug-likeness (QED) is 0.669. The number of non-ortho nitro benzene ring substituents is 1. The van der Waals surface area contributed by atoms with Gasteiger partial charge in [0.05, 0.1) is 16.0 Å². The number of benzene rings is 1. The Morgan fingerprint density at radius 2 is 2.29 bits per heavy atom. The fourth-order valence-electron chi connectivity index (χ4n) is 2.60. The van der Waals surface area contributed by atoms with Gasteiger partial charge in [-0.2, -0.15) is 0 Å². The molecule has 0 radical (unpaired) electrons. The molecule has 7 nitrogen and oxygen atoms in total. The molecule has 0 saturated carbocycles. The maximum Gasteiger partial charge on any atom is 0.271 e. The van der Waals surface area contributed by atoms with E-state index in [0.717, 1.165) is 37.4 Å². The SMILES string of the molecule is CN(c1nc2ccc([N+](=O)[O-])cc2[nH]1)[C@H]1CCCNC1.Cl. The summed E-state index contributed by atoms with van der Waals surface area (Å²) < 4.78 is 0. The number of piperidine rings is 1. The number of H-pyrrole nitrogens is 1. The van der Waals surface area contributed by atoms with Crippen LogP contribution in [0.2, 0.25) is 0 Å². The number of imidazole rings is 1. The van der Waals surface area contributed by atoms with Crippen LogP contribution >= 0.6 is 12.4 Å². The molecule has 0 aliphatic carbocycles. The second-order valence-corrected chi connectivity index (χ2v) is 5.13. The average Bonchev–Trinajstić information content (AvgIpc) is 2.90. The van der Waals surface area contributed by atoms with Gasteiger partial charge in [0.15, 0.2) is 0 Å². The first kappa shape index (κ1) is 15.5. The third-order valence-electron chi connectivity index (χ3n) is 3.82. The summed E-state index contributed by atoms with van der Waals surface area (Å²) in [4.78, 5) is 20.2. The van der Waals surface area contributed by atoms with E-state index in [1.807, 2.05) is 7.05 Å². The third kappa shape index (κ3) is 3.08. The number of nitrogens with zero attached hydrogens (tertiary/aromatic N) is 3. The van der Waals surface area contributed by atoms with Crippen LogP contribution in [-0.2, 0) is 0 Å². The summed E-state index contributed by atoms with van der Waals surface area (Å²) in [5.74, 6) is 0.759. The van der Waals surface area contributed by atoms with E-state index in [1.54, 1.807) is 6.07 Å². The monoisotopic (exact) mass is 311 g/mol. The smallest absolute Gasteiger partial charge is 0.271 e. The van der Waals surface area contributed by atoms with E-state index in [4.69, 9.17) is 0 Å². The normalized spacial score (nSPS) is 18.2. The maximum absolute atomic E-state index is 10.8. The lowest BCUT2D eigenvalue weighted by Crippen LogP contribution is -2.44. The van der Waals surface area contributed by atoms with Gasteiger partial charge in [-0.1, -0.05) is 0 Å².